The van der Waals surface area contributed by atoms with Crippen LogP contribution in [-0.4, -0.2) is 9.97 Å². The molecular formula is C12H8BrN3S2. The standard InChI is InChI=1S/C12H8BrN3S2/c13-7-5-15-6-8(14)11(7)18-12-16-9-3-1-2-4-10(9)17-12/h1-6H,14H2. The van der Waals surface area contributed by atoms with Crippen molar-refractivity contribution in [2.45, 2.75) is 9.24 Å². The molecule has 0 bridgehead atoms. The summed E-state index contributed by atoms with van der Waals surface area (Å²) in [7, 11) is 0. The molecule has 0 aliphatic heterocycles. The maximum Gasteiger partial charge on any atom is 0.156 e. The van der Waals surface area contributed by atoms with Crippen LogP contribution in [0.3, 0.4) is 0 Å². The monoisotopic (exact) mass is 337 g/mol. The molecule has 0 aliphatic rings. The minimum absolute atomic E-state index is 0.661. The van der Waals surface area contributed by atoms with Gasteiger partial charge in [-0.15, -0.1) is 11.3 Å². The van der Waals surface area contributed by atoms with E-state index in [4.69, 9.17) is 5.73 Å². The number of nitrogens with two attached hydrogens (primary N) is 1. The molecule has 2 N–H and O–H groups in total. The summed E-state index contributed by atoms with van der Waals surface area (Å²) in [5.74, 6) is 0. The lowest BCUT2D eigenvalue weighted by molar-refractivity contribution is 1.23. The summed E-state index contributed by atoms with van der Waals surface area (Å²) in [5, 5.41) is 0. The first-order chi connectivity index (χ1) is 8.74. The molecule has 0 aliphatic carbocycles. The number of thiazole rings is 1. The fourth-order valence-corrected chi connectivity index (χ4v) is 4.14. The largest absolute Gasteiger partial charge is 0.397 e. The normalized spacial score (nSPS) is 10.9. The summed E-state index contributed by atoms with van der Waals surface area (Å²) >= 11 is 6.69. The van der Waals surface area contributed by atoms with Gasteiger partial charge in [0, 0.05) is 6.20 Å². The van der Waals surface area contributed by atoms with Crippen LogP contribution in [0.15, 0.2) is 50.4 Å². The van der Waals surface area contributed by atoms with E-state index in [2.05, 4.69) is 32.0 Å². The van der Waals surface area contributed by atoms with Gasteiger partial charge in [-0.25, -0.2) is 4.98 Å². The summed E-state index contributed by atoms with van der Waals surface area (Å²) < 4.78 is 3.06. The third-order valence-electron chi connectivity index (χ3n) is 2.34. The maximum absolute atomic E-state index is 5.93. The van der Waals surface area contributed by atoms with Crippen molar-refractivity contribution in [1.82, 2.24) is 9.97 Å². The maximum atomic E-state index is 5.93. The molecule has 0 radical (unpaired) electrons. The Kier molecular flexibility index (Phi) is 3.23. The highest BCUT2D eigenvalue weighted by Crippen LogP contribution is 2.40. The molecule has 2 aromatic heterocycles. The van der Waals surface area contributed by atoms with E-state index in [1.54, 1.807) is 35.5 Å². The molecule has 3 rings (SSSR count). The number of rotatable bonds is 2. The molecule has 18 heavy (non-hydrogen) atoms. The van der Waals surface area contributed by atoms with Gasteiger partial charge in [0.15, 0.2) is 4.34 Å². The molecule has 0 saturated heterocycles. The average molecular weight is 338 g/mol. The highest BCUT2D eigenvalue weighted by Gasteiger charge is 2.10. The predicted molar refractivity (Wildman–Crippen MR) is 80.1 cm³/mol. The van der Waals surface area contributed by atoms with E-state index in [1.165, 1.54) is 4.70 Å². The Morgan fingerprint density at radius 3 is 2.83 bits per heavy atom. The van der Waals surface area contributed by atoms with E-state index in [-0.39, 0.29) is 0 Å². The van der Waals surface area contributed by atoms with Crippen LogP contribution in [0, 0.1) is 0 Å². The van der Waals surface area contributed by atoms with Crippen LogP contribution in [0.25, 0.3) is 10.2 Å². The number of pyridine rings is 1. The van der Waals surface area contributed by atoms with Gasteiger partial charge >= 0.3 is 0 Å². The molecule has 90 valence electrons. The van der Waals surface area contributed by atoms with Crippen LogP contribution in [0.5, 0.6) is 0 Å². The Balaban J connectivity index is 2.01. The molecule has 0 unspecified atom stereocenters. The molecule has 3 nitrogen and oxygen atoms in total. The van der Waals surface area contributed by atoms with Gasteiger partial charge in [-0.3, -0.25) is 4.98 Å². The van der Waals surface area contributed by atoms with Crippen molar-refractivity contribution in [3.8, 4) is 0 Å². The third kappa shape index (κ3) is 2.23. The lowest BCUT2D eigenvalue weighted by Crippen LogP contribution is -1.90. The van der Waals surface area contributed by atoms with Crippen molar-refractivity contribution in [2.24, 2.45) is 0 Å². The highest BCUT2D eigenvalue weighted by atomic mass is 79.9. The number of aromatic nitrogens is 2. The Hall–Kier alpha value is -1.11. The molecule has 0 spiro atoms. The zero-order chi connectivity index (χ0) is 12.5. The quantitative estimate of drug-likeness (QED) is 0.761. The minimum Gasteiger partial charge on any atom is -0.397 e. The summed E-state index contributed by atoms with van der Waals surface area (Å²) in [6.45, 7) is 0. The molecular weight excluding hydrogens is 330 g/mol. The molecule has 6 heteroatoms. The van der Waals surface area contributed by atoms with Crippen molar-refractivity contribution in [2.75, 3.05) is 5.73 Å². The summed E-state index contributed by atoms with van der Waals surface area (Å²) in [4.78, 5) is 9.56. The molecule has 0 saturated carbocycles. The summed E-state index contributed by atoms with van der Waals surface area (Å²) in [5.41, 5.74) is 7.61. The predicted octanol–water partition coefficient (Wildman–Crippen LogP) is 4.19. The smallest absolute Gasteiger partial charge is 0.156 e. The zero-order valence-corrected chi connectivity index (χ0v) is 12.3. The van der Waals surface area contributed by atoms with Gasteiger partial charge in [0.25, 0.3) is 0 Å². The van der Waals surface area contributed by atoms with Crippen LogP contribution in [0.1, 0.15) is 0 Å². The SMILES string of the molecule is Nc1cncc(Br)c1Sc1nc2ccccc2s1. The summed E-state index contributed by atoms with van der Waals surface area (Å²) in [6.07, 6.45) is 3.40. The van der Waals surface area contributed by atoms with Crippen molar-refractivity contribution >= 4 is 54.9 Å². The van der Waals surface area contributed by atoms with Crippen LogP contribution in [-0.2, 0) is 0 Å². The van der Waals surface area contributed by atoms with Gasteiger partial charge in [0.2, 0.25) is 0 Å². The lowest BCUT2D eigenvalue weighted by Gasteiger charge is -2.03. The number of benzene rings is 1. The molecule has 0 amide bonds. The Morgan fingerprint density at radius 2 is 2.06 bits per heavy atom. The van der Waals surface area contributed by atoms with Gasteiger partial charge in [0.05, 0.1) is 31.5 Å². The van der Waals surface area contributed by atoms with Gasteiger partial charge in [-0.05, 0) is 28.1 Å². The third-order valence-corrected chi connectivity index (χ3v) is 5.46. The van der Waals surface area contributed by atoms with Crippen LogP contribution in [0.2, 0.25) is 0 Å². The van der Waals surface area contributed by atoms with Crippen LogP contribution in [0.4, 0.5) is 5.69 Å². The molecule has 1 aromatic carbocycles. The van der Waals surface area contributed by atoms with E-state index < -0.39 is 0 Å². The number of nitrogens with zero attached hydrogens (tertiary/aromatic N) is 2. The highest BCUT2D eigenvalue weighted by molar-refractivity contribution is 9.10. The molecule has 0 atom stereocenters. The Bertz CT molecular complexity index is 658. The van der Waals surface area contributed by atoms with Gasteiger partial charge < -0.3 is 5.73 Å². The van der Waals surface area contributed by atoms with E-state index >= 15 is 0 Å². The van der Waals surface area contributed by atoms with Crippen molar-refractivity contribution in [3.63, 3.8) is 0 Å². The summed E-state index contributed by atoms with van der Waals surface area (Å²) in [6, 6.07) is 8.10. The second-order valence-corrected chi connectivity index (χ2v) is 6.73. The van der Waals surface area contributed by atoms with Gasteiger partial charge in [-0.2, -0.15) is 0 Å². The Labute approximate surface area is 121 Å². The van der Waals surface area contributed by atoms with Gasteiger partial charge in [-0.1, -0.05) is 23.9 Å². The number of hydrogen-bond donors (Lipinski definition) is 1. The molecule has 2 heterocycles. The second-order valence-electron chi connectivity index (χ2n) is 3.59. The number of para-hydroxylation sites is 1. The van der Waals surface area contributed by atoms with Gasteiger partial charge in [0.1, 0.15) is 0 Å². The van der Waals surface area contributed by atoms with E-state index in [1.807, 2.05) is 18.2 Å². The fraction of sp³-hybridized carbons (Fsp3) is 0. The van der Waals surface area contributed by atoms with Crippen LogP contribution >= 0.6 is 39.0 Å². The first kappa shape index (κ1) is 12.0. The van der Waals surface area contributed by atoms with E-state index in [0.717, 1.165) is 19.2 Å². The van der Waals surface area contributed by atoms with E-state index in [9.17, 15) is 0 Å². The zero-order valence-electron chi connectivity index (χ0n) is 9.13. The first-order valence-electron chi connectivity index (χ1n) is 5.16. The van der Waals surface area contributed by atoms with Crippen molar-refractivity contribution in [3.05, 3.63) is 41.1 Å². The van der Waals surface area contributed by atoms with Crippen molar-refractivity contribution in [1.29, 1.82) is 0 Å². The van der Waals surface area contributed by atoms with E-state index in [0.29, 0.717) is 5.69 Å². The molecule has 0 fully saturated rings. The second kappa shape index (κ2) is 4.87. The minimum atomic E-state index is 0.661. The number of anilines is 1. The number of nitrogen functional groups attached to an aromatic ring is 1. The average Bonchev–Trinajstić information content (AvgIpc) is 2.76. The number of fused-ring (bicyclic) bond motifs is 1. The van der Waals surface area contributed by atoms with Crippen molar-refractivity contribution < 1.29 is 0 Å². The topological polar surface area (TPSA) is 51.8 Å². The first-order valence-corrected chi connectivity index (χ1v) is 7.59. The lowest BCUT2D eigenvalue weighted by atomic mass is 10.3. The number of halogens is 1. The molecule has 3 aromatic rings. The van der Waals surface area contributed by atoms with Crippen LogP contribution < -0.4 is 5.73 Å². The number of hydrogen-bond acceptors (Lipinski definition) is 5. The Morgan fingerprint density at radius 1 is 1.22 bits per heavy atom. The fourth-order valence-electron chi connectivity index (χ4n) is 1.53.